The normalized spacial score (nSPS) is 34.8. The number of hydrogen-bond donors (Lipinski definition) is 1. The van der Waals surface area contributed by atoms with Crippen LogP contribution in [0.25, 0.3) is 0 Å². The first-order valence-electron chi connectivity index (χ1n) is 7.31. The van der Waals surface area contributed by atoms with Gasteiger partial charge in [0.05, 0.1) is 6.10 Å². The Bertz CT molecular complexity index is 240. The van der Waals surface area contributed by atoms with Gasteiger partial charge in [-0.15, -0.1) is 0 Å². The minimum Gasteiger partial charge on any atom is -0.377 e. The summed E-state index contributed by atoms with van der Waals surface area (Å²) >= 11 is 0. The second-order valence-corrected chi connectivity index (χ2v) is 5.67. The molecule has 0 radical (unpaired) electrons. The zero-order valence-corrected chi connectivity index (χ0v) is 11.7. The highest BCUT2D eigenvalue weighted by Crippen LogP contribution is 2.26. The molecule has 3 heteroatoms. The lowest BCUT2D eigenvalue weighted by molar-refractivity contribution is 0.0640. The Morgan fingerprint density at radius 1 is 1.35 bits per heavy atom. The second kappa shape index (κ2) is 5.68. The molecule has 2 unspecified atom stereocenters. The fraction of sp³-hybridized carbons (Fsp3) is 1.00. The fourth-order valence-electron chi connectivity index (χ4n) is 3.37. The van der Waals surface area contributed by atoms with Crippen molar-refractivity contribution in [1.82, 2.24) is 10.2 Å². The minimum absolute atomic E-state index is 0.332. The Balaban J connectivity index is 2.06. The maximum atomic E-state index is 5.73. The summed E-state index contributed by atoms with van der Waals surface area (Å²) in [4.78, 5) is 2.69. The molecule has 0 amide bonds. The van der Waals surface area contributed by atoms with Gasteiger partial charge in [0.1, 0.15) is 0 Å². The lowest BCUT2D eigenvalue weighted by atomic mass is 9.91. The lowest BCUT2D eigenvalue weighted by Crippen LogP contribution is -2.53. The molecule has 2 fully saturated rings. The quantitative estimate of drug-likeness (QED) is 0.817. The first-order chi connectivity index (χ1) is 8.21. The van der Waals surface area contributed by atoms with E-state index in [2.05, 4.69) is 31.0 Å². The third-order valence-electron chi connectivity index (χ3n) is 4.79. The molecule has 2 heterocycles. The molecule has 2 atom stereocenters. The van der Waals surface area contributed by atoms with Crippen molar-refractivity contribution >= 4 is 0 Å². The van der Waals surface area contributed by atoms with Gasteiger partial charge in [0.2, 0.25) is 0 Å². The molecule has 17 heavy (non-hydrogen) atoms. The Labute approximate surface area is 106 Å². The third kappa shape index (κ3) is 2.83. The molecule has 0 saturated carbocycles. The van der Waals surface area contributed by atoms with Gasteiger partial charge in [-0.05, 0) is 45.7 Å². The fourth-order valence-corrected chi connectivity index (χ4v) is 3.37. The van der Waals surface area contributed by atoms with Crippen LogP contribution in [0.2, 0.25) is 0 Å². The summed E-state index contributed by atoms with van der Waals surface area (Å²) < 4.78 is 5.73. The van der Waals surface area contributed by atoms with Crippen molar-refractivity contribution in [3.05, 3.63) is 0 Å². The average molecular weight is 240 g/mol. The molecular formula is C14H28N2O. The van der Waals surface area contributed by atoms with Crippen LogP contribution < -0.4 is 5.32 Å². The monoisotopic (exact) mass is 240 g/mol. The van der Waals surface area contributed by atoms with Crippen LogP contribution in [0.4, 0.5) is 0 Å². The number of ether oxygens (including phenoxy) is 1. The number of nitrogens with zero attached hydrogens (tertiary/aromatic N) is 1. The van der Waals surface area contributed by atoms with E-state index in [9.17, 15) is 0 Å². The predicted octanol–water partition coefficient (Wildman–Crippen LogP) is 2.02. The molecule has 0 spiro atoms. The summed E-state index contributed by atoms with van der Waals surface area (Å²) in [5, 5.41) is 3.78. The Kier molecular flexibility index (Phi) is 4.45. The molecule has 3 nitrogen and oxygen atoms in total. The Morgan fingerprint density at radius 3 is 2.71 bits per heavy atom. The van der Waals surface area contributed by atoms with Crippen LogP contribution >= 0.6 is 0 Å². The summed E-state index contributed by atoms with van der Waals surface area (Å²) in [6.45, 7) is 11.4. The van der Waals surface area contributed by atoms with E-state index < -0.39 is 0 Å². The van der Waals surface area contributed by atoms with Gasteiger partial charge in [-0.3, -0.25) is 4.90 Å². The SMILES string of the molecule is CCC1(CC)CN(C2CCOC2C)CCCN1. The minimum atomic E-state index is 0.332. The van der Waals surface area contributed by atoms with Gasteiger partial charge in [0.25, 0.3) is 0 Å². The van der Waals surface area contributed by atoms with Crippen LogP contribution in [0.5, 0.6) is 0 Å². The van der Waals surface area contributed by atoms with Gasteiger partial charge in [-0.1, -0.05) is 13.8 Å². The van der Waals surface area contributed by atoms with E-state index in [1.54, 1.807) is 0 Å². The van der Waals surface area contributed by atoms with Crippen molar-refractivity contribution in [3.63, 3.8) is 0 Å². The third-order valence-corrected chi connectivity index (χ3v) is 4.79. The van der Waals surface area contributed by atoms with Crippen LogP contribution in [0.3, 0.4) is 0 Å². The molecule has 2 saturated heterocycles. The van der Waals surface area contributed by atoms with E-state index >= 15 is 0 Å². The van der Waals surface area contributed by atoms with Crippen LogP contribution in [0.1, 0.15) is 46.5 Å². The van der Waals surface area contributed by atoms with Gasteiger partial charge in [-0.2, -0.15) is 0 Å². The van der Waals surface area contributed by atoms with E-state index in [1.807, 2.05) is 0 Å². The molecule has 0 aromatic carbocycles. The average Bonchev–Trinajstić information content (AvgIpc) is 2.66. The largest absolute Gasteiger partial charge is 0.377 e. The predicted molar refractivity (Wildman–Crippen MR) is 71.3 cm³/mol. The van der Waals surface area contributed by atoms with Crippen molar-refractivity contribution in [1.29, 1.82) is 0 Å². The number of hydrogen-bond acceptors (Lipinski definition) is 3. The maximum absolute atomic E-state index is 5.73. The van der Waals surface area contributed by atoms with Crippen LogP contribution in [0, 0.1) is 0 Å². The van der Waals surface area contributed by atoms with Gasteiger partial charge in [0.15, 0.2) is 0 Å². The Morgan fingerprint density at radius 2 is 2.12 bits per heavy atom. The highest BCUT2D eigenvalue weighted by atomic mass is 16.5. The lowest BCUT2D eigenvalue weighted by Gasteiger charge is -2.38. The van der Waals surface area contributed by atoms with Crippen molar-refractivity contribution in [2.45, 2.75) is 64.1 Å². The van der Waals surface area contributed by atoms with E-state index in [-0.39, 0.29) is 0 Å². The summed E-state index contributed by atoms with van der Waals surface area (Å²) in [6, 6.07) is 0.646. The molecule has 2 aliphatic rings. The zero-order valence-electron chi connectivity index (χ0n) is 11.7. The first kappa shape index (κ1) is 13.3. The topological polar surface area (TPSA) is 24.5 Å². The zero-order chi connectivity index (χ0) is 12.3. The molecule has 1 N–H and O–H groups in total. The number of rotatable bonds is 3. The van der Waals surface area contributed by atoms with Crippen molar-refractivity contribution in [2.24, 2.45) is 0 Å². The highest BCUT2D eigenvalue weighted by Gasteiger charge is 2.36. The molecule has 0 aliphatic carbocycles. The Hall–Kier alpha value is -0.120. The molecular weight excluding hydrogens is 212 g/mol. The molecule has 0 aromatic heterocycles. The van der Waals surface area contributed by atoms with E-state index in [0.29, 0.717) is 17.7 Å². The highest BCUT2D eigenvalue weighted by molar-refractivity contribution is 4.94. The molecule has 100 valence electrons. The second-order valence-electron chi connectivity index (χ2n) is 5.67. The smallest absolute Gasteiger partial charge is 0.0703 e. The molecule has 2 aliphatic heterocycles. The van der Waals surface area contributed by atoms with Gasteiger partial charge in [0, 0.05) is 24.7 Å². The summed E-state index contributed by atoms with van der Waals surface area (Å²) in [7, 11) is 0. The summed E-state index contributed by atoms with van der Waals surface area (Å²) in [6.07, 6.45) is 5.35. The van der Waals surface area contributed by atoms with Gasteiger partial charge >= 0.3 is 0 Å². The molecule has 0 bridgehead atoms. The maximum Gasteiger partial charge on any atom is 0.0703 e. The van der Waals surface area contributed by atoms with Gasteiger partial charge < -0.3 is 10.1 Å². The molecule has 0 aromatic rings. The van der Waals surface area contributed by atoms with Crippen LogP contribution in [0.15, 0.2) is 0 Å². The standard InChI is InChI=1S/C14H28N2O/c1-4-14(5-2)11-16(9-6-8-15-14)13-7-10-17-12(13)3/h12-13,15H,4-11H2,1-3H3. The number of nitrogens with one attached hydrogen (secondary N) is 1. The van der Waals surface area contributed by atoms with E-state index in [4.69, 9.17) is 4.74 Å². The van der Waals surface area contributed by atoms with Crippen LogP contribution in [-0.2, 0) is 4.74 Å². The summed E-state index contributed by atoms with van der Waals surface area (Å²) in [5.74, 6) is 0. The van der Waals surface area contributed by atoms with E-state index in [1.165, 1.54) is 45.3 Å². The van der Waals surface area contributed by atoms with E-state index in [0.717, 1.165) is 6.61 Å². The molecule has 2 rings (SSSR count). The van der Waals surface area contributed by atoms with Crippen molar-refractivity contribution in [3.8, 4) is 0 Å². The van der Waals surface area contributed by atoms with Crippen molar-refractivity contribution < 1.29 is 4.74 Å². The first-order valence-corrected chi connectivity index (χ1v) is 7.31. The van der Waals surface area contributed by atoms with Crippen LogP contribution in [-0.4, -0.2) is 48.8 Å². The van der Waals surface area contributed by atoms with Gasteiger partial charge in [-0.25, -0.2) is 0 Å². The summed E-state index contributed by atoms with van der Waals surface area (Å²) in [5.41, 5.74) is 0.332. The van der Waals surface area contributed by atoms with Crippen molar-refractivity contribution in [2.75, 3.05) is 26.2 Å².